The van der Waals surface area contributed by atoms with Gasteiger partial charge >= 0.3 is 0 Å². The monoisotopic (exact) mass is 423 g/mol. The first-order valence-corrected chi connectivity index (χ1v) is 10.5. The predicted molar refractivity (Wildman–Crippen MR) is 112 cm³/mol. The van der Waals surface area contributed by atoms with Gasteiger partial charge in [-0.3, -0.25) is 14.9 Å². The van der Waals surface area contributed by atoms with E-state index < -0.39 is 0 Å². The van der Waals surface area contributed by atoms with E-state index in [1.807, 2.05) is 44.2 Å². The lowest BCUT2D eigenvalue weighted by Crippen LogP contribution is -2.30. The third-order valence-corrected chi connectivity index (χ3v) is 5.67. The third-order valence-electron chi connectivity index (χ3n) is 4.75. The van der Waals surface area contributed by atoms with Gasteiger partial charge in [-0.15, -0.1) is 5.10 Å². The number of anilines is 1. The fourth-order valence-electron chi connectivity index (χ4n) is 3.51. The van der Waals surface area contributed by atoms with E-state index in [1.54, 1.807) is 11.6 Å². The van der Waals surface area contributed by atoms with Crippen molar-refractivity contribution in [1.82, 2.24) is 30.2 Å². The van der Waals surface area contributed by atoms with E-state index in [2.05, 4.69) is 30.8 Å². The van der Waals surface area contributed by atoms with Crippen LogP contribution in [0, 0.1) is 12.3 Å². The fourth-order valence-corrected chi connectivity index (χ4v) is 4.20. The number of tetrazole rings is 1. The molecule has 1 aliphatic carbocycles. The number of para-hydroxylation sites is 1. The SMILES string of the molecule is Cc1nc(NC(=O)CSc2nnnn2-c2ccccc2)nc2c1C(=O)CC(C)(C)C2. The van der Waals surface area contributed by atoms with Crippen LogP contribution in [-0.2, 0) is 11.2 Å². The lowest BCUT2D eigenvalue weighted by molar-refractivity contribution is -0.113. The minimum atomic E-state index is -0.275. The molecule has 0 atom stereocenters. The van der Waals surface area contributed by atoms with Crippen LogP contribution in [0.2, 0.25) is 0 Å². The number of hydrogen-bond acceptors (Lipinski definition) is 8. The molecule has 4 rings (SSSR count). The molecule has 0 radical (unpaired) electrons. The summed E-state index contributed by atoms with van der Waals surface area (Å²) in [6.45, 7) is 5.85. The number of rotatable bonds is 5. The highest BCUT2D eigenvalue weighted by Gasteiger charge is 2.33. The molecule has 0 spiro atoms. The molecule has 154 valence electrons. The molecule has 0 fully saturated rings. The summed E-state index contributed by atoms with van der Waals surface area (Å²) in [4.78, 5) is 33.7. The quantitative estimate of drug-likeness (QED) is 0.623. The molecule has 0 saturated carbocycles. The summed E-state index contributed by atoms with van der Waals surface area (Å²) in [5.41, 5.74) is 2.53. The van der Waals surface area contributed by atoms with Crippen molar-refractivity contribution in [2.24, 2.45) is 5.41 Å². The van der Waals surface area contributed by atoms with Gasteiger partial charge in [0.05, 0.1) is 28.4 Å². The molecule has 30 heavy (non-hydrogen) atoms. The average Bonchev–Trinajstić information content (AvgIpc) is 3.14. The van der Waals surface area contributed by atoms with Gasteiger partial charge in [-0.1, -0.05) is 43.8 Å². The molecule has 0 bridgehead atoms. The van der Waals surface area contributed by atoms with Gasteiger partial charge in [0.2, 0.25) is 17.0 Å². The maximum absolute atomic E-state index is 12.5. The van der Waals surface area contributed by atoms with Crippen molar-refractivity contribution in [3.63, 3.8) is 0 Å². The lowest BCUT2D eigenvalue weighted by Gasteiger charge is -2.30. The Morgan fingerprint density at radius 1 is 1.20 bits per heavy atom. The number of ketones is 1. The topological polar surface area (TPSA) is 116 Å². The van der Waals surface area contributed by atoms with Crippen LogP contribution in [0.3, 0.4) is 0 Å². The van der Waals surface area contributed by atoms with Gasteiger partial charge in [0.1, 0.15) is 0 Å². The van der Waals surface area contributed by atoms with Crippen molar-refractivity contribution in [2.45, 2.75) is 38.8 Å². The average molecular weight is 424 g/mol. The maximum Gasteiger partial charge on any atom is 0.237 e. The van der Waals surface area contributed by atoms with E-state index >= 15 is 0 Å². The standard InChI is InChI=1S/C20H21N7O2S/c1-12-17-14(9-20(2,3)10-15(17)28)22-18(21-12)23-16(29)11-30-19-24-25-26-27(19)13-7-5-4-6-8-13/h4-8H,9-11H2,1-3H3,(H,21,22,23,29). The largest absolute Gasteiger partial charge is 0.294 e. The molecular weight excluding hydrogens is 402 g/mol. The number of benzene rings is 1. The number of nitrogens with one attached hydrogen (secondary N) is 1. The van der Waals surface area contributed by atoms with E-state index in [4.69, 9.17) is 0 Å². The first kappa shape index (κ1) is 20.1. The second-order valence-electron chi connectivity index (χ2n) is 7.94. The summed E-state index contributed by atoms with van der Waals surface area (Å²) in [5, 5.41) is 14.9. The summed E-state index contributed by atoms with van der Waals surface area (Å²) >= 11 is 1.21. The molecule has 9 nitrogen and oxygen atoms in total. The Hall–Kier alpha value is -3.14. The van der Waals surface area contributed by atoms with Crippen molar-refractivity contribution in [3.8, 4) is 5.69 Å². The highest BCUT2D eigenvalue weighted by molar-refractivity contribution is 7.99. The summed E-state index contributed by atoms with van der Waals surface area (Å²) < 4.78 is 1.57. The van der Waals surface area contributed by atoms with Crippen molar-refractivity contribution in [2.75, 3.05) is 11.1 Å². The molecule has 1 aromatic carbocycles. The van der Waals surface area contributed by atoms with E-state index in [9.17, 15) is 9.59 Å². The van der Waals surface area contributed by atoms with Gasteiger partial charge in [-0.25, -0.2) is 9.97 Å². The van der Waals surface area contributed by atoms with Crippen molar-refractivity contribution >= 4 is 29.4 Å². The van der Waals surface area contributed by atoms with Gasteiger partial charge in [-0.05, 0) is 41.3 Å². The first-order chi connectivity index (χ1) is 14.3. The van der Waals surface area contributed by atoms with Crippen molar-refractivity contribution in [1.29, 1.82) is 0 Å². The normalized spacial score (nSPS) is 15.0. The molecule has 0 aliphatic heterocycles. The van der Waals surface area contributed by atoms with Gasteiger partial charge in [0.15, 0.2) is 5.78 Å². The Labute approximate surface area is 177 Å². The Balaban J connectivity index is 1.45. The molecule has 0 unspecified atom stereocenters. The molecule has 0 saturated heterocycles. The fraction of sp³-hybridized carbons (Fsp3) is 0.350. The van der Waals surface area contributed by atoms with Crippen LogP contribution in [-0.4, -0.2) is 47.6 Å². The van der Waals surface area contributed by atoms with Crippen LogP contribution in [0.5, 0.6) is 0 Å². The van der Waals surface area contributed by atoms with Gasteiger partial charge < -0.3 is 0 Å². The molecule has 3 aromatic rings. The Morgan fingerprint density at radius 2 is 1.97 bits per heavy atom. The molecule has 1 aliphatic rings. The van der Waals surface area contributed by atoms with Crippen molar-refractivity contribution in [3.05, 3.63) is 47.3 Å². The second kappa shape index (κ2) is 7.94. The van der Waals surface area contributed by atoms with Crippen LogP contribution < -0.4 is 5.32 Å². The predicted octanol–water partition coefficient (Wildman–Crippen LogP) is 2.65. The van der Waals surface area contributed by atoms with Crippen LogP contribution in [0.15, 0.2) is 35.5 Å². The zero-order valence-electron chi connectivity index (χ0n) is 16.9. The number of fused-ring (bicyclic) bond motifs is 1. The van der Waals surface area contributed by atoms with Gasteiger partial charge in [0.25, 0.3) is 0 Å². The number of amides is 1. The summed E-state index contributed by atoms with van der Waals surface area (Å²) in [7, 11) is 0. The molecule has 10 heteroatoms. The maximum atomic E-state index is 12.5. The Morgan fingerprint density at radius 3 is 2.73 bits per heavy atom. The number of carbonyl (C=O) groups is 2. The molecule has 2 aromatic heterocycles. The lowest BCUT2D eigenvalue weighted by atomic mass is 9.75. The molecule has 2 heterocycles. The molecular formula is C20H21N7O2S. The molecule has 1 N–H and O–H groups in total. The van der Waals surface area contributed by atoms with E-state index in [1.165, 1.54) is 11.8 Å². The summed E-state index contributed by atoms with van der Waals surface area (Å²) in [6, 6.07) is 9.45. The number of thioether (sulfide) groups is 1. The minimum Gasteiger partial charge on any atom is -0.294 e. The van der Waals surface area contributed by atoms with E-state index in [0.717, 1.165) is 5.69 Å². The van der Waals surface area contributed by atoms with E-state index in [0.29, 0.717) is 34.9 Å². The zero-order valence-corrected chi connectivity index (χ0v) is 17.7. The van der Waals surface area contributed by atoms with Crippen LogP contribution in [0.4, 0.5) is 5.95 Å². The van der Waals surface area contributed by atoms with Gasteiger partial charge in [-0.2, -0.15) is 4.68 Å². The van der Waals surface area contributed by atoms with Crippen molar-refractivity contribution < 1.29 is 9.59 Å². The third kappa shape index (κ3) is 4.23. The molecule has 1 amide bonds. The van der Waals surface area contributed by atoms with Gasteiger partial charge in [0, 0.05) is 6.42 Å². The Kier molecular flexibility index (Phi) is 5.33. The number of hydrogen-bond donors (Lipinski definition) is 1. The highest BCUT2D eigenvalue weighted by Crippen LogP contribution is 2.35. The van der Waals surface area contributed by atoms with Crippen LogP contribution in [0.1, 0.15) is 42.0 Å². The summed E-state index contributed by atoms with van der Waals surface area (Å²) in [6.07, 6.45) is 1.14. The first-order valence-electron chi connectivity index (χ1n) is 9.49. The Bertz CT molecular complexity index is 1110. The summed E-state index contributed by atoms with van der Waals surface area (Å²) in [5.74, 6) is 0.0882. The number of nitrogens with zero attached hydrogens (tertiary/aromatic N) is 6. The highest BCUT2D eigenvalue weighted by atomic mass is 32.2. The van der Waals surface area contributed by atoms with Crippen LogP contribution in [0.25, 0.3) is 5.69 Å². The number of aryl methyl sites for hydroxylation is 1. The number of aromatic nitrogens is 6. The number of Topliss-reactive ketones (excluding diaryl/α,β-unsaturated/α-hetero) is 1. The van der Waals surface area contributed by atoms with Crippen LogP contribution >= 0.6 is 11.8 Å². The van der Waals surface area contributed by atoms with E-state index in [-0.39, 0.29) is 28.8 Å². The number of carbonyl (C=O) groups excluding carboxylic acids is 2. The smallest absolute Gasteiger partial charge is 0.237 e. The minimum absolute atomic E-state index is 0.0555. The second-order valence-corrected chi connectivity index (χ2v) is 8.88. The zero-order chi connectivity index (χ0) is 21.3.